The van der Waals surface area contributed by atoms with Gasteiger partial charge in [-0.2, -0.15) is 4.31 Å². The summed E-state index contributed by atoms with van der Waals surface area (Å²) in [6, 6.07) is 11.5. The third-order valence-electron chi connectivity index (χ3n) is 5.87. The molecule has 0 radical (unpaired) electrons. The Kier molecular flexibility index (Phi) is 5.71. The van der Waals surface area contributed by atoms with E-state index < -0.39 is 16.1 Å². The van der Waals surface area contributed by atoms with Gasteiger partial charge in [-0.1, -0.05) is 18.2 Å². The summed E-state index contributed by atoms with van der Waals surface area (Å²) in [5.41, 5.74) is 2.12. The molecule has 1 unspecified atom stereocenters. The van der Waals surface area contributed by atoms with Crippen LogP contribution in [0.25, 0.3) is 0 Å². The van der Waals surface area contributed by atoms with Crippen LogP contribution in [-0.4, -0.2) is 56.9 Å². The van der Waals surface area contributed by atoms with Crippen molar-refractivity contribution in [2.24, 2.45) is 0 Å². The molecule has 0 N–H and O–H groups in total. The molecule has 2 aliphatic rings. The van der Waals surface area contributed by atoms with Crippen molar-refractivity contribution in [2.45, 2.75) is 36.7 Å². The summed E-state index contributed by atoms with van der Waals surface area (Å²) >= 11 is 0. The molecule has 0 bridgehead atoms. The van der Waals surface area contributed by atoms with Gasteiger partial charge in [-0.05, 0) is 54.7 Å². The molecule has 2 heterocycles. The highest BCUT2D eigenvalue weighted by molar-refractivity contribution is 7.89. The second-order valence-electron chi connectivity index (χ2n) is 7.57. The van der Waals surface area contributed by atoms with Gasteiger partial charge in [0.05, 0.1) is 19.1 Å². The highest BCUT2D eigenvalue weighted by Crippen LogP contribution is 2.34. The fourth-order valence-electron chi connectivity index (χ4n) is 4.28. The van der Waals surface area contributed by atoms with Gasteiger partial charge < -0.3 is 14.4 Å². The Morgan fingerprint density at radius 2 is 1.67 bits per heavy atom. The second kappa shape index (κ2) is 8.28. The Morgan fingerprint density at radius 3 is 2.33 bits per heavy atom. The number of benzene rings is 2. The van der Waals surface area contributed by atoms with Gasteiger partial charge in [-0.3, -0.25) is 4.79 Å². The second-order valence-corrected chi connectivity index (χ2v) is 9.46. The fourth-order valence-corrected chi connectivity index (χ4v) is 5.96. The van der Waals surface area contributed by atoms with Crippen molar-refractivity contribution in [3.05, 3.63) is 53.6 Å². The Morgan fingerprint density at radius 1 is 1.00 bits per heavy atom. The minimum atomic E-state index is -3.70. The van der Waals surface area contributed by atoms with E-state index in [0.717, 1.165) is 11.1 Å². The SMILES string of the molecule is COc1cc2c(cc1OC)CN(C(=O)C1CCCN1S(=O)(=O)c1ccccc1)CC2. The van der Waals surface area contributed by atoms with Crippen LogP contribution in [0.2, 0.25) is 0 Å². The maximum atomic E-state index is 13.3. The van der Waals surface area contributed by atoms with Crippen LogP contribution in [-0.2, 0) is 27.8 Å². The van der Waals surface area contributed by atoms with Crippen molar-refractivity contribution < 1.29 is 22.7 Å². The monoisotopic (exact) mass is 430 g/mol. The molecule has 1 atom stereocenters. The Balaban J connectivity index is 1.56. The highest BCUT2D eigenvalue weighted by Gasteiger charge is 2.41. The van der Waals surface area contributed by atoms with Crippen LogP contribution in [0, 0.1) is 0 Å². The summed E-state index contributed by atoms with van der Waals surface area (Å²) in [5, 5.41) is 0. The van der Waals surface area contributed by atoms with Crippen molar-refractivity contribution in [1.29, 1.82) is 0 Å². The number of carbonyl (C=O) groups is 1. The number of hydrogen-bond acceptors (Lipinski definition) is 5. The van der Waals surface area contributed by atoms with Gasteiger partial charge in [0.15, 0.2) is 11.5 Å². The molecule has 2 aliphatic heterocycles. The van der Waals surface area contributed by atoms with Crippen LogP contribution < -0.4 is 9.47 Å². The molecule has 0 aliphatic carbocycles. The van der Waals surface area contributed by atoms with Crippen molar-refractivity contribution >= 4 is 15.9 Å². The lowest BCUT2D eigenvalue weighted by atomic mass is 9.98. The van der Waals surface area contributed by atoms with E-state index in [4.69, 9.17) is 9.47 Å². The zero-order valence-corrected chi connectivity index (χ0v) is 18.0. The number of amides is 1. The lowest BCUT2D eigenvalue weighted by molar-refractivity contribution is -0.135. The Hall–Kier alpha value is -2.58. The van der Waals surface area contributed by atoms with E-state index in [1.54, 1.807) is 49.5 Å². The molecular formula is C22H26N2O5S. The molecular weight excluding hydrogens is 404 g/mol. The zero-order chi connectivity index (χ0) is 21.3. The molecule has 8 heteroatoms. The minimum absolute atomic E-state index is 0.132. The molecule has 4 rings (SSSR count). The Bertz CT molecular complexity index is 1040. The summed E-state index contributed by atoms with van der Waals surface area (Å²) in [6.07, 6.45) is 1.91. The van der Waals surface area contributed by atoms with Crippen molar-refractivity contribution in [1.82, 2.24) is 9.21 Å². The topological polar surface area (TPSA) is 76.2 Å². The maximum absolute atomic E-state index is 13.3. The van der Waals surface area contributed by atoms with Gasteiger partial charge >= 0.3 is 0 Å². The number of hydrogen-bond donors (Lipinski definition) is 0. The lowest BCUT2D eigenvalue weighted by Crippen LogP contribution is -2.49. The maximum Gasteiger partial charge on any atom is 0.243 e. The van der Waals surface area contributed by atoms with Gasteiger partial charge in [-0.25, -0.2) is 8.42 Å². The number of rotatable bonds is 5. The molecule has 30 heavy (non-hydrogen) atoms. The minimum Gasteiger partial charge on any atom is -0.493 e. The van der Waals surface area contributed by atoms with Gasteiger partial charge in [0.25, 0.3) is 0 Å². The molecule has 1 saturated heterocycles. The first kappa shape index (κ1) is 20.7. The van der Waals surface area contributed by atoms with Gasteiger partial charge in [-0.15, -0.1) is 0 Å². The van der Waals surface area contributed by atoms with Gasteiger partial charge in [0.2, 0.25) is 15.9 Å². The van der Waals surface area contributed by atoms with E-state index in [9.17, 15) is 13.2 Å². The van der Waals surface area contributed by atoms with E-state index in [1.807, 2.05) is 12.1 Å². The zero-order valence-electron chi connectivity index (χ0n) is 17.2. The van der Waals surface area contributed by atoms with Crippen molar-refractivity contribution in [3.8, 4) is 11.5 Å². The molecule has 2 aromatic rings. The average Bonchev–Trinajstić information content (AvgIpc) is 3.28. The van der Waals surface area contributed by atoms with Crippen molar-refractivity contribution in [2.75, 3.05) is 27.3 Å². The number of ether oxygens (including phenoxy) is 2. The normalized spacial score (nSPS) is 19.4. The van der Waals surface area contributed by atoms with Crippen LogP contribution >= 0.6 is 0 Å². The molecule has 160 valence electrons. The first-order chi connectivity index (χ1) is 14.5. The van der Waals surface area contributed by atoms with E-state index in [2.05, 4.69) is 0 Å². The fraction of sp³-hybridized carbons (Fsp3) is 0.409. The number of sulfonamides is 1. The molecule has 0 spiro atoms. The molecule has 1 amide bonds. The van der Waals surface area contributed by atoms with E-state index in [0.29, 0.717) is 50.4 Å². The summed E-state index contributed by atoms with van der Waals surface area (Å²) in [7, 11) is -0.516. The van der Waals surface area contributed by atoms with Gasteiger partial charge in [0, 0.05) is 19.6 Å². The quantitative estimate of drug-likeness (QED) is 0.728. The molecule has 0 saturated carbocycles. The van der Waals surface area contributed by atoms with Crippen LogP contribution in [0.15, 0.2) is 47.4 Å². The summed E-state index contributed by atoms with van der Waals surface area (Å²) in [4.78, 5) is 15.3. The highest BCUT2D eigenvalue weighted by atomic mass is 32.2. The average molecular weight is 431 g/mol. The summed E-state index contributed by atoms with van der Waals surface area (Å²) in [5.74, 6) is 1.17. The molecule has 2 aromatic carbocycles. The first-order valence-electron chi connectivity index (χ1n) is 10.0. The standard InChI is InChI=1S/C22H26N2O5S/c1-28-20-13-16-10-12-23(15-17(16)14-21(20)29-2)22(25)19-9-6-11-24(19)30(26,27)18-7-4-3-5-8-18/h3-5,7-8,13-14,19H,6,9-12,15H2,1-2H3. The summed E-state index contributed by atoms with van der Waals surface area (Å²) < 4.78 is 38.4. The smallest absolute Gasteiger partial charge is 0.243 e. The van der Waals surface area contributed by atoms with Crippen molar-refractivity contribution in [3.63, 3.8) is 0 Å². The summed E-state index contributed by atoms with van der Waals surface area (Å²) in [6.45, 7) is 1.35. The Labute approximate surface area is 177 Å². The predicted molar refractivity (Wildman–Crippen MR) is 112 cm³/mol. The number of methoxy groups -OCH3 is 2. The largest absolute Gasteiger partial charge is 0.493 e. The van der Waals surface area contributed by atoms with E-state index in [1.165, 1.54) is 4.31 Å². The molecule has 0 aromatic heterocycles. The van der Waals surface area contributed by atoms with Gasteiger partial charge in [0.1, 0.15) is 6.04 Å². The number of carbonyl (C=O) groups excluding carboxylic acids is 1. The lowest BCUT2D eigenvalue weighted by Gasteiger charge is -2.33. The number of nitrogens with zero attached hydrogens (tertiary/aromatic N) is 2. The van der Waals surface area contributed by atoms with Crippen LogP contribution in [0.3, 0.4) is 0 Å². The third-order valence-corrected chi connectivity index (χ3v) is 7.79. The predicted octanol–water partition coefficient (Wildman–Crippen LogP) is 2.44. The van der Waals surface area contributed by atoms with Crippen LogP contribution in [0.1, 0.15) is 24.0 Å². The molecule has 7 nitrogen and oxygen atoms in total. The first-order valence-corrected chi connectivity index (χ1v) is 11.5. The van der Waals surface area contributed by atoms with E-state index in [-0.39, 0.29) is 10.8 Å². The van der Waals surface area contributed by atoms with Crippen LogP contribution in [0.4, 0.5) is 0 Å². The van der Waals surface area contributed by atoms with Crippen LogP contribution in [0.5, 0.6) is 11.5 Å². The number of fused-ring (bicyclic) bond motifs is 1. The van der Waals surface area contributed by atoms with E-state index >= 15 is 0 Å². The third kappa shape index (κ3) is 3.65. The molecule has 1 fully saturated rings.